The molecule has 0 saturated heterocycles. The Kier molecular flexibility index (Phi) is 4.51. The minimum absolute atomic E-state index is 0.522. The largest absolute Gasteiger partial charge is 0.455 e. The van der Waals surface area contributed by atoms with Crippen molar-refractivity contribution in [3.8, 4) is 11.5 Å². The lowest BCUT2D eigenvalue weighted by Gasteiger charge is -2.13. The lowest BCUT2D eigenvalue weighted by Crippen LogP contribution is -1.98. The van der Waals surface area contributed by atoms with Crippen molar-refractivity contribution in [3.05, 3.63) is 64.8 Å². The Hall–Kier alpha value is -1.77. The van der Waals surface area contributed by atoms with Crippen LogP contribution in [0.2, 0.25) is 5.02 Å². The second-order valence-corrected chi connectivity index (χ2v) is 5.75. The van der Waals surface area contributed by atoms with Crippen LogP contribution in [0.4, 0.5) is 0 Å². The van der Waals surface area contributed by atoms with Crippen molar-refractivity contribution >= 4 is 34.1 Å². The normalized spacial score (nSPS) is 10.9. The third-order valence-electron chi connectivity index (χ3n) is 3.53. The lowest BCUT2D eigenvalue weighted by molar-refractivity contribution is 0.487. The van der Waals surface area contributed by atoms with Gasteiger partial charge < -0.3 is 4.74 Å². The van der Waals surface area contributed by atoms with Crippen molar-refractivity contribution in [3.63, 3.8) is 0 Å². The van der Waals surface area contributed by atoms with E-state index in [0.717, 1.165) is 27.9 Å². The molecule has 2 aromatic carbocycles. The molecule has 0 aliphatic carbocycles. The van der Waals surface area contributed by atoms with Gasteiger partial charge >= 0.3 is 0 Å². The predicted octanol–water partition coefficient (Wildman–Crippen LogP) is 5.77. The van der Waals surface area contributed by atoms with E-state index in [-0.39, 0.29) is 0 Å². The molecule has 1 heterocycles. The molecule has 3 rings (SSSR count). The summed E-state index contributed by atoms with van der Waals surface area (Å²) < 4.78 is 5.95. The molecular formula is C18H15Cl2NO. The maximum atomic E-state index is 6.55. The van der Waals surface area contributed by atoms with Crippen LogP contribution < -0.4 is 4.74 Å². The first-order chi connectivity index (χ1) is 10.7. The molecule has 112 valence electrons. The Morgan fingerprint density at radius 1 is 1.05 bits per heavy atom. The van der Waals surface area contributed by atoms with Gasteiger partial charge in [-0.15, -0.1) is 11.6 Å². The number of aromatic nitrogens is 1. The average Bonchev–Trinajstić information content (AvgIpc) is 2.53. The standard InChI is InChI=1S/C18H15Cl2NO/c1-12-14(10-11-19)17(20)15-8-5-9-16(18(15)21-12)22-13-6-3-2-4-7-13/h2-9H,10-11H2,1H3. The summed E-state index contributed by atoms with van der Waals surface area (Å²) in [6.45, 7) is 1.95. The van der Waals surface area contributed by atoms with E-state index < -0.39 is 0 Å². The topological polar surface area (TPSA) is 22.1 Å². The molecule has 2 nitrogen and oxygen atoms in total. The van der Waals surface area contributed by atoms with E-state index >= 15 is 0 Å². The summed E-state index contributed by atoms with van der Waals surface area (Å²) in [4.78, 5) is 4.68. The number of nitrogens with zero attached hydrogens (tertiary/aromatic N) is 1. The fourth-order valence-electron chi connectivity index (χ4n) is 2.45. The molecule has 0 fully saturated rings. The Bertz CT molecular complexity index is 803. The van der Waals surface area contributed by atoms with Crippen LogP contribution in [-0.2, 0) is 6.42 Å². The highest BCUT2D eigenvalue weighted by atomic mass is 35.5. The number of hydrogen-bond donors (Lipinski definition) is 0. The van der Waals surface area contributed by atoms with Gasteiger partial charge in [-0.05, 0) is 37.1 Å². The van der Waals surface area contributed by atoms with Crippen LogP contribution in [0.5, 0.6) is 11.5 Å². The number of halogens is 2. The van der Waals surface area contributed by atoms with Crippen LogP contribution in [0.15, 0.2) is 48.5 Å². The number of hydrogen-bond acceptors (Lipinski definition) is 2. The van der Waals surface area contributed by atoms with Gasteiger partial charge in [-0.2, -0.15) is 0 Å². The fourth-order valence-corrected chi connectivity index (χ4v) is 3.03. The van der Waals surface area contributed by atoms with Gasteiger partial charge in [0, 0.05) is 17.0 Å². The van der Waals surface area contributed by atoms with Gasteiger partial charge in [0.05, 0.1) is 5.02 Å². The molecule has 1 aromatic heterocycles. The Morgan fingerprint density at radius 3 is 2.55 bits per heavy atom. The van der Waals surface area contributed by atoms with E-state index in [1.807, 2.05) is 55.5 Å². The van der Waals surface area contributed by atoms with Crippen LogP contribution in [0.1, 0.15) is 11.3 Å². The number of rotatable bonds is 4. The van der Waals surface area contributed by atoms with Crippen molar-refractivity contribution in [1.29, 1.82) is 0 Å². The molecule has 0 bridgehead atoms. The third-order valence-corrected chi connectivity index (χ3v) is 4.15. The molecular weight excluding hydrogens is 317 g/mol. The molecule has 0 atom stereocenters. The number of alkyl halides is 1. The number of para-hydroxylation sites is 2. The van der Waals surface area contributed by atoms with E-state index in [9.17, 15) is 0 Å². The maximum absolute atomic E-state index is 6.55. The minimum Gasteiger partial charge on any atom is -0.455 e. The summed E-state index contributed by atoms with van der Waals surface area (Å²) in [6, 6.07) is 15.4. The van der Waals surface area contributed by atoms with Gasteiger partial charge in [0.25, 0.3) is 0 Å². The maximum Gasteiger partial charge on any atom is 0.153 e. The van der Waals surface area contributed by atoms with Crippen LogP contribution in [0.3, 0.4) is 0 Å². The van der Waals surface area contributed by atoms with Crippen LogP contribution in [-0.4, -0.2) is 10.9 Å². The zero-order valence-electron chi connectivity index (χ0n) is 12.1. The van der Waals surface area contributed by atoms with Crippen molar-refractivity contribution in [2.45, 2.75) is 13.3 Å². The first-order valence-electron chi connectivity index (χ1n) is 7.07. The molecule has 0 aliphatic rings. The highest BCUT2D eigenvalue weighted by molar-refractivity contribution is 6.36. The van der Waals surface area contributed by atoms with Gasteiger partial charge in [0.1, 0.15) is 11.3 Å². The highest BCUT2D eigenvalue weighted by Gasteiger charge is 2.14. The Morgan fingerprint density at radius 2 is 1.82 bits per heavy atom. The monoisotopic (exact) mass is 331 g/mol. The Labute approximate surface area is 139 Å². The van der Waals surface area contributed by atoms with Crippen molar-refractivity contribution in [1.82, 2.24) is 4.98 Å². The van der Waals surface area contributed by atoms with Gasteiger partial charge in [-0.25, -0.2) is 4.98 Å². The molecule has 0 amide bonds. The van der Waals surface area contributed by atoms with E-state index in [1.165, 1.54) is 0 Å². The molecule has 0 unspecified atom stereocenters. The van der Waals surface area contributed by atoms with Crippen molar-refractivity contribution < 1.29 is 4.74 Å². The SMILES string of the molecule is Cc1nc2c(Oc3ccccc3)cccc2c(Cl)c1CCCl. The number of benzene rings is 2. The van der Waals surface area contributed by atoms with E-state index in [1.54, 1.807) is 0 Å². The molecule has 0 N–H and O–H groups in total. The zero-order valence-corrected chi connectivity index (χ0v) is 13.7. The van der Waals surface area contributed by atoms with Gasteiger partial charge in [-0.1, -0.05) is 41.9 Å². The fraction of sp³-hybridized carbons (Fsp3) is 0.167. The number of pyridine rings is 1. The van der Waals surface area contributed by atoms with Gasteiger partial charge in [0.15, 0.2) is 5.75 Å². The number of fused-ring (bicyclic) bond motifs is 1. The van der Waals surface area contributed by atoms with Crippen LogP contribution >= 0.6 is 23.2 Å². The summed E-state index contributed by atoms with van der Waals surface area (Å²) in [5.41, 5.74) is 2.66. The van der Waals surface area contributed by atoms with E-state index in [4.69, 9.17) is 27.9 Å². The van der Waals surface area contributed by atoms with Gasteiger partial charge in [-0.3, -0.25) is 0 Å². The summed E-state index contributed by atoms with van der Waals surface area (Å²) in [5, 5.41) is 1.60. The second kappa shape index (κ2) is 6.55. The van der Waals surface area contributed by atoms with E-state index in [2.05, 4.69) is 4.98 Å². The number of aryl methyl sites for hydroxylation is 1. The average molecular weight is 332 g/mol. The molecule has 0 aliphatic heterocycles. The third kappa shape index (κ3) is 2.90. The van der Waals surface area contributed by atoms with E-state index in [0.29, 0.717) is 23.1 Å². The summed E-state index contributed by atoms with van der Waals surface area (Å²) in [6.07, 6.45) is 0.707. The van der Waals surface area contributed by atoms with Crippen molar-refractivity contribution in [2.75, 3.05) is 5.88 Å². The smallest absolute Gasteiger partial charge is 0.153 e. The quantitative estimate of drug-likeness (QED) is 0.566. The number of ether oxygens (including phenoxy) is 1. The highest BCUT2D eigenvalue weighted by Crippen LogP contribution is 2.35. The molecule has 0 spiro atoms. The Balaban J connectivity index is 2.13. The molecule has 22 heavy (non-hydrogen) atoms. The lowest BCUT2D eigenvalue weighted by atomic mass is 10.1. The second-order valence-electron chi connectivity index (χ2n) is 5.00. The molecule has 3 aromatic rings. The predicted molar refractivity (Wildman–Crippen MR) is 92.4 cm³/mol. The first kappa shape index (κ1) is 15.1. The van der Waals surface area contributed by atoms with Gasteiger partial charge in [0.2, 0.25) is 0 Å². The summed E-state index contributed by atoms with van der Waals surface area (Å²) in [5.74, 6) is 2.00. The summed E-state index contributed by atoms with van der Waals surface area (Å²) >= 11 is 12.4. The molecule has 0 saturated carbocycles. The first-order valence-corrected chi connectivity index (χ1v) is 7.98. The molecule has 4 heteroatoms. The zero-order chi connectivity index (χ0) is 15.5. The molecule has 0 radical (unpaired) electrons. The van der Waals surface area contributed by atoms with Crippen LogP contribution in [0.25, 0.3) is 10.9 Å². The van der Waals surface area contributed by atoms with Crippen LogP contribution in [0, 0.1) is 6.92 Å². The summed E-state index contributed by atoms with van der Waals surface area (Å²) in [7, 11) is 0. The minimum atomic E-state index is 0.522. The van der Waals surface area contributed by atoms with Crippen molar-refractivity contribution in [2.24, 2.45) is 0 Å².